The van der Waals surface area contributed by atoms with Gasteiger partial charge in [0.2, 0.25) is 0 Å². The summed E-state index contributed by atoms with van der Waals surface area (Å²) in [4.78, 5) is 0. The lowest BCUT2D eigenvalue weighted by Crippen LogP contribution is -2.77. The molecule has 36 heavy (non-hydrogen) atoms. The van der Waals surface area contributed by atoms with Gasteiger partial charge in [-0.15, -0.1) is 0 Å². The summed E-state index contributed by atoms with van der Waals surface area (Å²) in [6.45, 7) is -0.369. The van der Waals surface area contributed by atoms with Gasteiger partial charge in [-0.25, -0.2) is 0 Å². The number of rotatable bonds is 10. The van der Waals surface area contributed by atoms with Crippen molar-refractivity contribution in [2.24, 2.45) is 0 Å². The van der Waals surface area contributed by atoms with Crippen molar-refractivity contribution in [1.82, 2.24) is 0 Å². The number of hydrogen-bond acceptors (Lipinski definition) is 0. The van der Waals surface area contributed by atoms with Gasteiger partial charge in [-0.2, -0.15) is 101 Å². The van der Waals surface area contributed by atoms with E-state index < -0.39 is 71.8 Å². The van der Waals surface area contributed by atoms with E-state index in [4.69, 9.17) is 0 Å². The standard InChI is InChI=1S/C13H4F23/c1-2-3(14,15)4(16,17)5(18,19)6(20,21)7(22,23)8(24,25)9(26,27)10(28,29)11(30,31)12(32,33)13(34,35)36/h2H,1H3. The summed E-state index contributed by atoms with van der Waals surface area (Å²) < 4.78 is 299. The maximum absolute atomic E-state index is 13.4. The minimum Gasteiger partial charge on any atom is -0.199 e. The monoisotopic (exact) mass is 597 g/mol. The van der Waals surface area contributed by atoms with Gasteiger partial charge in [0.1, 0.15) is 0 Å². The number of halogens is 23. The van der Waals surface area contributed by atoms with E-state index in [1.807, 2.05) is 0 Å². The summed E-state index contributed by atoms with van der Waals surface area (Å²) in [6, 6.07) is 0. The molecule has 1 radical (unpaired) electrons. The van der Waals surface area contributed by atoms with Crippen LogP contribution in [0.2, 0.25) is 0 Å². The quantitative estimate of drug-likeness (QED) is 0.223. The molecule has 0 saturated heterocycles. The first kappa shape index (κ1) is 34.4. The summed E-state index contributed by atoms with van der Waals surface area (Å²) in [5.41, 5.74) is 0. The van der Waals surface area contributed by atoms with Crippen molar-refractivity contribution in [3.05, 3.63) is 6.42 Å². The number of alkyl halides is 23. The van der Waals surface area contributed by atoms with Crippen LogP contribution in [-0.2, 0) is 0 Å². The Labute approximate surface area is 181 Å². The molecule has 0 nitrogen and oxygen atoms in total. The lowest BCUT2D eigenvalue weighted by molar-refractivity contribution is -0.477. The Morgan fingerprint density at radius 2 is 0.444 bits per heavy atom. The zero-order valence-corrected chi connectivity index (χ0v) is 15.8. The second kappa shape index (κ2) is 8.19. The normalized spacial score (nSPS) is 17.0. The fourth-order valence-corrected chi connectivity index (χ4v) is 1.95. The van der Waals surface area contributed by atoms with E-state index in [0.29, 0.717) is 0 Å². The van der Waals surface area contributed by atoms with Crippen LogP contribution >= 0.6 is 0 Å². The molecule has 0 heterocycles. The summed E-state index contributed by atoms with van der Waals surface area (Å²) in [7, 11) is 0. The molecule has 0 amide bonds. The molecule has 0 spiro atoms. The van der Waals surface area contributed by atoms with Crippen LogP contribution in [0.1, 0.15) is 6.92 Å². The third kappa shape index (κ3) is 3.82. The molecule has 0 aromatic heterocycles. The Balaban J connectivity index is 7.18. The van der Waals surface area contributed by atoms with Crippen molar-refractivity contribution in [2.45, 2.75) is 72.3 Å². The smallest absolute Gasteiger partial charge is 0.199 e. The minimum absolute atomic E-state index is 0.369. The van der Waals surface area contributed by atoms with Crippen molar-refractivity contribution < 1.29 is 101 Å². The molecule has 0 fully saturated rings. The molecule has 0 aromatic rings. The van der Waals surface area contributed by atoms with E-state index in [-0.39, 0.29) is 6.92 Å². The highest BCUT2D eigenvalue weighted by atomic mass is 19.4. The Bertz CT molecular complexity index is 797. The highest BCUT2D eigenvalue weighted by Crippen LogP contribution is 2.67. The molecule has 0 aromatic carbocycles. The van der Waals surface area contributed by atoms with E-state index in [9.17, 15) is 101 Å². The zero-order valence-electron chi connectivity index (χ0n) is 15.8. The molecule has 0 rings (SSSR count). The van der Waals surface area contributed by atoms with E-state index in [1.54, 1.807) is 0 Å². The fourth-order valence-electron chi connectivity index (χ4n) is 1.95. The minimum atomic E-state index is -9.36. The van der Waals surface area contributed by atoms with Crippen molar-refractivity contribution in [2.75, 3.05) is 0 Å². The average molecular weight is 597 g/mol. The molecule has 0 unspecified atom stereocenters. The highest BCUT2D eigenvalue weighted by Gasteiger charge is 2.98. The Morgan fingerprint density at radius 1 is 0.278 bits per heavy atom. The Kier molecular flexibility index (Phi) is 7.83. The van der Waals surface area contributed by atoms with Crippen LogP contribution in [0.3, 0.4) is 0 Å². The van der Waals surface area contributed by atoms with Crippen molar-refractivity contribution in [3.63, 3.8) is 0 Å². The molecule has 0 atom stereocenters. The maximum Gasteiger partial charge on any atom is 0.460 e. The summed E-state index contributed by atoms with van der Waals surface area (Å²) in [6.07, 6.45) is -9.54. The predicted molar refractivity (Wildman–Crippen MR) is 65.5 cm³/mol. The van der Waals surface area contributed by atoms with Crippen LogP contribution in [0.5, 0.6) is 0 Å². The van der Waals surface area contributed by atoms with E-state index in [2.05, 4.69) is 0 Å². The van der Waals surface area contributed by atoms with Crippen molar-refractivity contribution in [3.8, 4) is 0 Å². The van der Waals surface area contributed by atoms with Gasteiger partial charge in [-0.3, -0.25) is 0 Å². The van der Waals surface area contributed by atoms with Gasteiger partial charge in [0.15, 0.2) is 0 Å². The Hall–Kier alpha value is -1.61. The summed E-state index contributed by atoms with van der Waals surface area (Å²) >= 11 is 0. The second-order valence-electron chi connectivity index (χ2n) is 6.58. The van der Waals surface area contributed by atoms with E-state index >= 15 is 0 Å². The lowest BCUT2D eigenvalue weighted by atomic mass is 9.85. The molecule has 0 N–H and O–H groups in total. The van der Waals surface area contributed by atoms with Crippen molar-refractivity contribution in [1.29, 1.82) is 0 Å². The molecule has 0 aliphatic carbocycles. The molecular formula is C13H4F23. The zero-order chi connectivity index (χ0) is 30.2. The van der Waals surface area contributed by atoms with Gasteiger partial charge >= 0.3 is 65.4 Å². The van der Waals surface area contributed by atoms with Crippen LogP contribution in [0.15, 0.2) is 0 Å². The molecule has 0 aliphatic heterocycles. The first-order valence-corrected chi connectivity index (χ1v) is 7.71. The molecular weight excluding hydrogens is 593 g/mol. The van der Waals surface area contributed by atoms with Gasteiger partial charge in [-0.1, -0.05) is 6.92 Å². The Morgan fingerprint density at radius 3 is 0.611 bits per heavy atom. The SMILES string of the molecule is C[CH]C(F)(F)C(F)(F)C(F)(F)C(F)(F)C(F)(F)C(F)(F)C(F)(F)C(F)(F)C(F)(F)C(F)(F)C(F)(F)F. The molecule has 0 aliphatic rings. The third-order valence-corrected chi connectivity index (χ3v) is 4.29. The third-order valence-electron chi connectivity index (χ3n) is 4.29. The van der Waals surface area contributed by atoms with Crippen LogP contribution in [0.4, 0.5) is 101 Å². The number of hydrogen-bond donors (Lipinski definition) is 0. The maximum atomic E-state index is 13.4. The first-order valence-electron chi connectivity index (χ1n) is 7.71. The van der Waals surface area contributed by atoms with Gasteiger partial charge in [0, 0.05) is 6.42 Å². The van der Waals surface area contributed by atoms with Crippen LogP contribution in [0, 0.1) is 6.42 Å². The molecule has 0 bridgehead atoms. The lowest BCUT2D eigenvalue weighted by Gasteiger charge is -2.45. The van der Waals surface area contributed by atoms with Gasteiger partial charge < -0.3 is 0 Å². The molecule has 0 saturated carbocycles. The van der Waals surface area contributed by atoms with E-state index in [1.165, 1.54) is 0 Å². The molecule has 23 heteroatoms. The predicted octanol–water partition coefficient (Wildman–Crippen LogP) is 8.13. The van der Waals surface area contributed by atoms with Gasteiger partial charge in [0.25, 0.3) is 0 Å². The van der Waals surface area contributed by atoms with Gasteiger partial charge in [-0.05, 0) is 0 Å². The summed E-state index contributed by atoms with van der Waals surface area (Å²) in [5.74, 6) is -87.0. The fraction of sp³-hybridized carbons (Fsp3) is 0.923. The van der Waals surface area contributed by atoms with Crippen LogP contribution < -0.4 is 0 Å². The van der Waals surface area contributed by atoms with Crippen molar-refractivity contribution >= 4 is 0 Å². The average Bonchev–Trinajstić information content (AvgIpc) is 2.65. The van der Waals surface area contributed by atoms with Crippen LogP contribution in [0.25, 0.3) is 0 Å². The topological polar surface area (TPSA) is 0 Å². The van der Waals surface area contributed by atoms with Crippen LogP contribution in [-0.4, -0.2) is 65.4 Å². The second-order valence-corrected chi connectivity index (χ2v) is 6.58. The first-order chi connectivity index (χ1) is 15.1. The van der Waals surface area contributed by atoms with Gasteiger partial charge in [0.05, 0.1) is 0 Å². The highest BCUT2D eigenvalue weighted by molar-refractivity contribution is 5.19. The van der Waals surface area contributed by atoms with E-state index in [0.717, 1.165) is 0 Å². The summed E-state index contributed by atoms with van der Waals surface area (Å²) in [5, 5.41) is 0. The molecule has 217 valence electrons. The largest absolute Gasteiger partial charge is 0.460 e.